The van der Waals surface area contributed by atoms with Gasteiger partial charge in [-0.15, -0.1) is 11.3 Å². The van der Waals surface area contributed by atoms with Crippen LogP contribution in [-0.2, 0) is 17.6 Å². The van der Waals surface area contributed by atoms with Gasteiger partial charge in [0.15, 0.2) is 0 Å². The van der Waals surface area contributed by atoms with Crippen LogP contribution in [0.15, 0.2) is 47.8 Å². The first kappa shape index (κ1) is 13.9. The van der Waals surface area contributed by atoms with Crippen molar-refractivity contribution in [2.45, 2.75) is 19.3 Å². The summed E-state index contributed by atoms with van der Waals surface area (Å²) in [5.74, 6) is 0.242. The quantitative estimate of drug-likeness (QED) is 0.700. The topological polar surface area (TPSA) is 33.2 Å². The Hall–Kier alpha value is -2.46. The zero-order chi connectivity index (χ0) is 16.1. The van der Waals surface area contributed by atoms with E-state index in [1.807, 2.05) is 23.1 Å². The number of hydrogen-bond acceptors (Lipinski definition) is 3. The minimum Gasteiger partial charge on any atom is -0.312 e. The van der Waals surface area contributed by atoms with E-state index in [4.69, 9.17) is 4.98 Å². The standard InChI is InChI=1S/C20H16N2OS/c23-18-11-16-10-15(9-14-7-4-8-22(18)19(14)16)17-12-24-20(21-17)13-5-2-1-3-6-13/h1-3,5-6,9-10,12H,4,7-8,11H2. The molecule has 3 heterocycles. The number of carbonyl (C=O) groups excluding carboxylic acids is 1. The summed E-state index contributed by atoms with van der Waals surface area (Å²) in [6.07, 6.45) is 2.63. The highest BCUT2D eigenvalue weighted by molar-refractivity contribution is 7.13. The summed E-state index contributed by atoms with van der Waals surface area (Å²) in [5, 5.41) is 3.16. The summed E-state index contributed by atoms with van der Waals surface area (Å²) in [6, 6.07) is 14.7. The third-order valence-electron chi connectivity index (χ3n) is 4.83. The maximum absolute atomic E-state index is 12.2. The van der Waals surface area contributed by atoms with Crippen LogP contribution in [0.3, 0.4) is 0 Å². The van der Waals surface area contributed by atoms with Crippen LogP contribution in [-0.4, -0.2) is 17.4 Å². The van der Waals surface area contributed by atoms with Crippen LogP contribution < -0.4 is 4.90 Å². The first-order chi connectivity index (χ1) is 11.8. The third-order valence-corrected chi connectivity index (χ3v) is 5.72. The van der Waals surface area contributed by atoms with Gasteiger partial charge < -0.3 is 4.90 Å². The molecule has 0 atom stereocenters. The minimum atomic E-state index is 0.242. The van der Waals surface area contributed by atoms with E-state index in [0.717, 1.165) is 41.2 Å². The van der Waals surface area contributed by atoms with E-state index in [2.05, 4.69) is 29.6 Å². The van der Waals surface area contributed by atoms with Gasteiger partial charge in [0.1, 0.15) is 5.01 Å². The average Bonchev–Trinajstić information content (AvgIpc) is 3.23. The lowest BCUT2D eigenvalue weighted by Crippen LogP contribution is -2.31. The number of hydrogen-bond donors (Lipinski definition) is 0. The normalized spacial score (nSPS) is 15.7. The molecule has 4 heteroatoms. The molecule has 0 N–H and O–H groups in total. The Balaban J connectivity index is 1.58. The van der Waals surface area contributed by atoms with Crippen LogP contribution in [0.25, 0.3) is 21.8 Å². The fourth-order valence-electron chi connectivity index (χ4n) is 3.75. The summed E-state index contributed by atoms with van der Waals surface area (Å²) in [7, 11) is 0. The van der Waals surface area contributed by atoms with Crippen molar-refractivity contribution in [3.8, 4) is 21.8 Å². The van der Waals surface area contributed by atoms with Crippen molar-refractivity contribution in [2.75, 3.05) is 11.4 Å². The molecule has 0 bridgehead atoms. The van der Waals surface area contributed by atoms with Crippen LogP contribution >= 0.6 is 11.3 Å². The zero-order valence-corrected chi connectivity index (χ0v) is 14.0. The summed E-state index contributed by atoms with van der Waals surface area (Å²) < 4.78 is 0. The molecule has 1 amide bonds. The second-order valence-corrected chi connectivity index (χ2v) is 7.23. The van der Waals surface area contributed by atoms with Crippen LogP contribution in [0.1, 0.15) is 17.5 Å². The largest absolute Gasteiger partial charge is 0.312 e. The van der Waals surface area contributed by atoms with E-state index >= 15 is 0 Å². The number of thiazole rings is 1. The average molecular weight is 332 g/mol. The van der Waals surface area contributed by atoms with Crippen LogP contribution in [0.5, 0.6) is 0 Å². The molecule has 3 aromatic rings. The molecule has 0 aliphatic carbocycles. The highest BCUT2D eigenvalue weighted by atomic mass is 32.1. The summed E-state index contributed by atoms with van der Waals surface area (Å²) in [5.41, 5.74) is 6.94. The van der Waals surface area contributed by atoms with Gasteiger partial charge in [0.25, 0.3) is 0 Å². The zero-order valence-electron chi connectivity index (χ0n) is 13.2. The van der Waals surface area contributed by atoms with Crippen LogP contribution in [0.2, 0.25) is 0 Å². The number of aryl methyl sites for hydroxylation is 1. The molecule has 5 rings (SSSR count). The Bertz CT molecular complexity index is 946. The molecule has 2 aliphatic rings. The number of amides is 1. The molecule has 0 saturated heterocycles. The molecule has 2 aliphatic heterocycles. The minimum absolute atomic E-state index is 0.242. The number of aromatic nitrogens is 1. The van der Waals surface area contributed by atoms with Crippen molar-refractivity contribution in [1.82, 2.24) is 4.98 Å². The number of benzene rings is 2. The van der Waals surface area contributed by atoms with Gasteiger partial charge in [-0.1, -0.05) is 30.3 Å². The van der Waals surface area contributed by atoms with Crippen molar-refractivity contribution >= 4 is 22.9 Å². The second kappa shape index (κ2) is 5.28. The maximum Gasteiger partial charge on any atom is 0.231 e. The van der Waals surface area contributed by atoms with Crippen molar-refractivity contribution in [3.05, 3.63) is 59.0 Å². The molecule has 0 spiro atoms. The second-order valence-electron chi connectivity index (χ2n) is 6.37. The van der Waals surface area contributed by atoms with Crippen molar-refractivity contribution in [3.63, 3.8) is 0 Å². The maximum atomic E-state index is 12.2. The summed E-state index contributed by atoms with van der Waals surface area (Å²) >= 11 is 1.67. The van der Waals surface area contributed by atoms with Crippen molar-refractivity contribution in [1.29, 1.82) is 0 Å². The monoisotopic (exact) mass is 332 g/mol. The van der Waals surface area contributed by atoms with E-state index in [9.17, 15) is 4.79 Å². The van der Waals surface area contributed by atoms with Gasteiger partial charge >= 0.3 is 0 Å². The van der Waals surface area contributed by atoms with E-state index in [1.165, 1.54) is 16.8 Å². The molecule has 2 aromatic carbocycles. The van der Waals surface area contributed by atoms with Crippen LogP contribution in [0, 0.1) is 0 Å². The predicted octanol–water partition coefficient (Wildman–Crippen LogP) is 4.31. The Kier molecular flexibility index (Phi) is 3.06. The van der Waals surface area contributed by atoms with Gasteiger partial charge in [0.2, 0.25) is 5.91 Å². The molecule has 24 heavy (non-hydrogen) atoms. The molecule has 1 aromatic heterocycles. The fraction of sp³-hybridized carbons (Fsp3) is 0.200. The molecule has 0 unspecified atom stereocenters. The van der Waals surface area contributed by atoms with Gasteiger partial charge in [-0.3, -0.25) is 4.79 Å². The lowest BCUT2D eigenvalue weighted by Gasteiger charge is -2.25. The van der Waals surface area contributed by atoms with Gasteiger partial charge in [-0.05, 0) is 36.1 Å². The van der Waals surface area contributed by atoms with Gasteiger partial charge in [-0.2, -0.15) is 0 Å². The number of anilines is 1. The molecule has 118 valence electrons. The highest BCUT2D eigenvalue weighted by Gasteiger charge is 2.32. The lowest BCUT2D eigenvalue weighted by molar-refractivity contribution is -0.117. The lowest BCUT2D eigenvalue weighted by atomic mass is 9.96. The predicted molar refractivity (Wildman–Crippen MR) is 97.4 cm³/mol. The molecule has 0 fully saturated rings. The molecular formula is C20H16N2OS. The first-order valence-corrected chi connectivity index (χ1v) is 9.15. The number of rotatable bonds is 2. The number of carbonyl (C=O) groups is 1. The Morgan fingerprint density at radius 2 is 1.88 bits per heavy atom. The molecular weight excluding hydrogens is 316 g/mol. The van der Waals surface area contributed by atoms with Gasteiger partial charge in [0, 0.05) is 23.1 Å². The Labute approximate surface area is 144 Å². The Morgan fingerprint density at radius 1 is 1.04 bits per heavy atom. The third kappa shape index (κ3) is 2.10. The highest BCUT2D eigenvalue weighted by Crippen LogP contribution is 2.40. The van der Waals surface area contributed by atoms with Crippen molar-refractivity contribution in [2.24, 2.45) is 0 Å². The first-order valence-electron chi connectivity index (χ1n) is 8.27. The molecule has 0 saturated carbocycles. The van der Waals surface area contributed by atoms with Gasteiger partial charge in [0.05, 0.1) is 17.8 Å². The van der Waals surface area contributed by atoms with Crippen LogP contribution in [0.4, 0.5) is 5.69 Å². The van der Waals surface area contributed by atoms with E-state index in [0.29, 0.717) is 6.42 Å². The van der Waals surface area contributed by atoms with Crippen molar-refractivity contribution < 1.29 is 4.79 Å². The van der Waals surface area contributed by atoms with E-state index in [1.54, 1.807) is 11.3 Å². The number of nitrogens with zero attached hydrogens (tertiary/aromatic N) is 2. The summed E-state index contributed by atoms with van der Waals surface area (Å²) in [4.78, 5) is 19.0. The molecule has 3 nitrogen and oxygen atoms in total. The van der Waals surface area contributed by atoms with E-state index < -0.39 is 0 Å². The Morgan fingerprint density at radius 3 is 2.75 bits per heavy atom. The summed E-state index contributed by atoms with van der Waals surface area (Å²) in [6.45, 7) is 0.868. The SMILES string of the molecule is O=C1Cc2cc(-c3csc(-c4ccccc4)n3)cc3c2N1CCC3. The smallest absolute Gasteiger partial charge is 0.231 e. The fourth-order valence-corrected chi connectivity index (χ4v) is 4.58. The van der Waals surface area contributed by atoms with E-state index in [-0.39, 0.29) is 5.91 Å². The van der Waals surface area contributed by atoms with Gasteiger partial charge in [-0.25, -0.2) is 4.98 Å². The molecule has 0 radical (unpaired) electrons.